The number of aromatic nitrogens is 2. The zero-order chi connectivity index (χ0) is 25.1. The second-order valence-corrected chi connectivity index (χ2v) is 10.2. The molecular formula is C26H28N4O5S. The lowest BCUT2D eigenvalue weighted by molar-refractivity contribution is 0.355. The summed E-state index contributed by atoms with van der Waals surface area (Å²) in [5.41, 5.74) is 2.94. The number of imidazole rings is 1. The zero-order valence-electron chi connectivity index (χ0n) is 20.1. The van der Waals surface area contributed by atoms with E-state index in [0.717, 1.165) is 29.7 Å². The molecule has 0 spiro atoms. The van der Waals surface area contributed by atoms with Gasteiger partial charge in [-0.05, 0) is 61.4 Å². The van der Waals surface area contributed by atoms with E-state index in [-0.39, 0.29) is 10.6 Å². The number of hydrogen-bond acceptors (Lipinski definition) is 8. The number of anilines is 3. The third-order valence-corrected chi connectivity index (χ3v) is 7.44. The number of methoxy groups -OCH3 is 2. The van der Waals surface area contributed by atoms with Gasteiger partial charge in [0.25, 0.3) is 0 Å². The van der Waals surface area contributed by atoms with Crippen LogP contribution in [-0.2, 0) is 10.1 Å². The Hall–Kier alpha value is -3.92. The summed E-state index contributed by atoms with van der Waals surface area (Å²) in [6, 6.07) is 17.4. The van der Waals surface area contributed by atoms with E-state index in [4.69, 9.17) is 13.7 Å². The van der Waals surface area contributed by atoms with E-state index in [1.165, 1.54) is 12.8 Å². The Balaban J connectivity index is 1.29. The molecule has 0 aliphatic heterocycles. The normalized spacial score (nSPS) is 14.1. The summed E-state index contributed by atoms with van der Waals surface area (Å²) in [4.78, 5) is 7.76. The molecule has 1 heterocycles. The van der Waals surface area contributed by atoms with Crippen molar-refractivity contribution in [3.05, 3.63) is 60.7 Å². The lowest BCUT2D eigenvalue weighted by atomic mass is 10.2. The summed E-state index contributed by atoms with van der Waals surface area (Å²) in [7, 11) is -0.843. The van der Waals surface area contributed by atoms with Crippen LogP contribution in [0.25, 0.3) is 11.0 Å². The molecule has 4 aromatic rings. The summed E-state index contributed by atoms with van der Waals surface area (Å²) >= 11 is 0. The van der Waals surface area contributed by atoms with Gasteiger partial charge in [0.05, 0.1) is 25.3 Å². The number of aromatic amines is 1. The maximum absolute atomic E-state index is 12.8. The third-order valence-electron chi connectivity index (χ3n) is 6.18. The molecule has 1 fully saturated rings. The topological polar surface area (TPSA) is 115 Å². The first-order valence-corrected chi connectivity index (χ1v) is 13.1. The fourth-order valence-electron chi connectivity index (χ4n) is 4.35. The molecule has 1 aliphatic carbocycles. The van der Waals surface area contributed by atoms with Crippen LogP contribution >= 0.6 is 0 Å². The first-order chi connectivity index (χ1) is 17.4. The fraction of sp³-hybridized carbons (Fsp3) is 0.269. The van der Waals surface area contributed by atoms with Crippen molar-refractivity contribution in [3.8, 4) is 17.2 Å². The van der Waals surface area contributed by atoms with Crippen LogP contribution in [0.3, 0.4) is 0 Å². The van der Waals surface area contributed by atoms with E-state index in [0.29, 0.717) is 29.0 Å². The number of H-pyrrole nitrogens is 1. The number of rotatable bonds is 9. The van der Waals surface area contributed by atoms with E-state index in [1.54, 1.807) is 68.8 Å². The monoisotopic (exact) mass is 508 g/mol. The Kier molecular flexibility index (Phi) is 6.60. The van der Waals surface area contributed by atoms with Crippen molar-refractivity contribution in [2.45, 2.75) is 36.6 Å². The Morgan fingerprint density at radius 3 is 2.33 bits per heavy atom. The molecule has 1 aliphatic rings. The highest BCUT2D eigenvalue weighted by molar-refractivity contribution is 7.87. The van der Waals surface area contributed by atoms with Gasteiger partial charge in [-0.1, -0.05) is 12.8 Å². The molecule has 9 nitrogen and oxygen atoms in total. The summed E-state index contributed by atoms with van der Waals surface area (Å²) in [5.74, 6) is 1.87. The molecule has 0 saturated heterocycles. The van der Waals surface area contributed by atoms with E-state index in [1.807, 2.05) is 6.07 Å². The van der Waals surface area contributed by atoms with Gasteiger partial charge in [-0.15, -0.1) is 0 Å². The highest BCUT2D eigenvalue weighted by Crippen LogP contribution is 2.31. The largest absolute Gasteiger partial charge is 0.493 e. The number of benzene rings is 3. The van der Waals surface area contributed by atoms with Crippen LogP contribution < -0.4 is 24.3 Å². The van der Waals surface area contributed by atoms with Crippen LogP contribution in [0.1, 0.15) is 25.7 Å². The van der Waals surface area contributed by atoms with Crippen LogP contribution in [0.2, 0.25) is 0 Å². The minimum atomic E-state index is -3.99. The van der Waals surface area contributed by atoms with Gasteiger partial charge < -0.3 is 29.3 Å². The maximum atomic E-state index is 12.8. The molecule has 0 bridgehead atoms. The van der Waals surface area contributed by atoms with E-state index >= 15 is 0 Å². The maximum Gasteiger partial charge on any atom is 0.339 e. The molecule has 10 heteroatoms. The SMILES string of the molecule is COc1ccc(Nc2nc3cc(OS(=O)(=O)c4ccc(NC5CCCC5)cc4)ccc3[nH]2)cc1OC. The van der Waals surface area contributed by atoms with E-state index < -0.39 is 10.1 Å². The first-order valence-electron chi connectivity index (χ1n) is 11.7. The van der Waals surface area contributed by atoms with Gasteiger partial charge in [-0.3, -0.25) is 0 Å². The molecular weight excluding hydrogens is 480 g/mol. The summed E-state index contributed by atoms with van der Waals surface area (Å²) in [5, 5.41) is 6.63. The highest BCUT2D eigenvalue weighted by atomic mass is 32.2. The summed E-state index contributed by atoms with van der Waals surface area (Å²) in [6.45, 7) is 0. The van der Waals surface area contributed by atoms with Crippen molar-refractivity contribution in [1.29, 1.82) is 0 Å². The number of nitrogens with zero attached hydrogens (tertiary/aromatic N) is 1. The van der Waals surface area contributed by atoms with Crippen LogP contribution in [0.5, 0.6) is 17.2 Å². The van der Waals surface area contributed by atoms with Crippen molar-refractivity contribution in [2.24, 2.45) is 0 Å². The zero-order valence-corrected chi connectivity index (χ0v) is 20.9. The van der Waals surface area contributed by atoms with Crippen molar-refractivity contribution < 1.29 is 22.1 Å². The summed E-state index contributed by atoms with van der Waals surface area (Å²) in [6.07, 6.45) is 4.74. The average molecular weight is 509 g/mol. The fourth-order valence-corrected chi connectivity index (χ4v) is 5.27. The predicted molar refractivity (Wildman–Crippen MR) is 139 cm³/mol. The Morgan fingerprint density at radius 1 is 0.889 bits per heavy atom. The number of fused-ring (bicyclic) bond motifs is 1. The van der Waals surface area contributed by atoms with Crippen molar-refractivity contribution in [1.82, 2.24) is 9.97 Å². The van der Waals surface area contributed by atoms with E-state index in [2.05, 4.69) is 20.6 Å². The lowest BCUT2D eigenvalue weighted by Gasteiger charge is -2.14. The van der Waals surface area contributed by atoms with Crippen molar-refractivity contribution >= 4 is 38.5 Å². The molecule has 0 atom stereocenters. The second-order valence-electron chi connectivity index (χ2n) is 8.65. The van der Waals surface area contributed by atoms with Gasteiger partial charge in [-0.2, -0.15) is 8.42 Å². The Morgan fingerprint density at radius 2 is 1.61 bits per heavy atom. The molecule has 36 heavy (non-hydrogen) atoms. The van der Waals surface area contributed by atoms with Crippen LogP contribution in [0.15, 0.2) is 65.6 Å². The third kappa shape index (κ3) is 5.18. The predicted octanol–water partition coefficient (Wildman–Crippen LogP) is 5.45. The number of ether oxygens (including phenoxy) is 2. The molecule has 0 radical (unpaired) electrons. The van der Waals surface area contributed by atoms with Gasteiger partial charge in [0.1, 0.15) is 10.6 Å². The quantitative estimate of drug-likeness (QED) is 0.256. The highest BCUT2D eigenvalue weighted by Gasteiger charge is 2.19. The van der Waals surface area contributed by atoms with Gasteiger partial charge in [0.2, 0.25) is 5.95 Å². The minimum absolute atomic E-state index is 0.0948. The molecule has 5 rings (SSSR count). The standard InChI is InChI=1S/C26H28N4O5S/c1-33-24-14-9-19(15-25(24)34-2)28-26-29-22-13-10-20(16-23(22)30-26)35-36(31,32)21-11-7-18(8-12-21)27-17-5-3-4-6-17/h7-17,27H,3-6H2,1-2H3,(H2,28,29,30). The first kappa shape index (κ1) is 23.8. The van der Waals surface area contributed by atoms with Crippen molar-refractivity contribution in [3.63, 3.8) is 0 Å². The molecule has 0 amide bonds. The molecule has 1 saturated carbocycles. The molecule has 188 valence electrons. The van der Waals surface area contributed by atoms with Crippen LogP contribution in [0, 0.1) is 0 Å². The molecule has 3 N–H and O–H groups in total. The van der Waals surface area contributed by atoms with E-state index in [9.17, 15) is 8.42 Å². The van der Waals surface area contributed by atoms with Crippen LogP contribution in [0.4, 0.5) is 17.3 Å². The van der Waals surface area contributed by atoms with Crippen LogP contribution in [-0.4, -0.2) is 38.6 Å². The van der Waals surface area contributed by atoms with Gasteiger partial charge in [0.15, 0.2) is 11.5 Å². The minimum Gasteiger partial charge on any atom is -0.493 e. The Labute approximate surface area is 209 Å². The van der Waals surface area contributed by atoms with Gasteiger partial charge in [0, 0.05) is 29.5 Å². The molecule has 3 aromatic carbocycles. The number of nitrogens with one attached hydrogen (secondary N) is 3. The molecule has 0 unspecified atom stereocenters. The lowest BCUT2D eigenvalue weighted by Crippen LogP contribution is -2.14. The van der Waals surface area contributed by atoms with Crippen molar-refractivity contribution in [2.75, 3.05) is 24.9 Å². The van der Waals surface area contributed by atoms with Gasteiger partial charge >= 0.3 is 10.1 Å². The summed E-state index contributed by atoms with van der Waals surface area (Å²) < 4.78 is 41.7. The van der Waals surface area contributed by atoms with Gasteiger partial charge in [-0.25, -0.2) is 4.98 Å². The molecule has 1 aromatic heterocycles. The number of hydrogen-bond donors (Lipinski definition) is 3. The average Bonchev–Trinajstić information content (AvgIpc) is 3.53. The second kappa shape index (κ2) is 9.98. The smallest absolute Gasteiger partial charge is 0.339 e. The Bertz CT molecular complexity index is 1460.